The van der Waals surface area contributed by atoms with E-state index in [2.05, 4.69) is 10.6 Å². The number of hydrogen-bond acceptors (Lipinski definition) is 2. The summed E-state index contributed by atoms with van der Waals surface area (Å²) in [5, 5.41) is 6.33. The van der Waals surface area contributed by atoms with Gasteiger partial charge in [0, 0.05) is 6.54 Å². The molecular formula is C15H28N2O. The van der Waals surface area contributed by atoms with Gasteiger partial charge in [-0.3, -0.25) is 4.79 Å². The van der Waals surface area contributed by atoms with Crippen LogP contribution in [0.25, 0.3) is 0 Å². The third-order valence-corrected chi connectivity index (χ3v) is 4.68. The van der Waals surface area contributed by atoms with Crippen molar-refractivity contribution in [3.05, 3.63) is 0 Å². The van der Waals surface area contributed by atoms with Crippen LogP contribution >= 0.6 is 0 Å². The molecule has 1 saturated carbocycles. The van der Waals surface area contributed by atoms with Crippen LogP contribution in [0, 0.1) is 11.8 Å². The Morgan fingerprint density at radius 1 is 1.11 bits per heavy atom. The maximum Gasteiger partial charge on any atom is 0.237 e. The van der Waals surface area contributed by atoms with Gasteiger partial charge in [0.2, 0.25) is 5.91 Å². The zero-order chi connectivity index (χ0) is 12.8. The van der Waals surface area contributed by atoms with Gasteiger partial charge in [0.15, 0.2) is 0 Å². The van der Waals surface area contributed by atoms with Gasteiger partial charge in [-0.15, -0.1) is 0 Å². The summed E-state index contributed by atoms with van der Waals surface area (Å²) in [5.41, 5.74) is 0. The first kappa shape index (κ1) is 13.9. The molecule has 1 aliphatic carbocycles. The first-order chi connectivity index (χ1) is 8.81. The van der Waals surface area contributed by atoms with Crippen LogP contribution in [0.3, 0.4) is 0 Å². The standard InChI is InChI=1S/C15H28N2O/c1-2-16-15(18)14-11-13(9-10-17-14)12-7-5-3-4-6-8-12/h12-14,17H,2-11H2,1H3,(H,16,18). The van der Waals surface area contributed by atoms with Crippen LogP contribution in [-0.2, 0) is 4.79 Å². The molecule has 0 radical (unpaired) electrons. The number of carbonyl (C=O) groups is 1. The van der Waals surface area contributed by atoms with Gasteiger partial charge >= 0.3 is 0 Å². The molecule has 2 N–H and O–H groups in total. The van der Waals surface area contributed by atoms with Crippen molar-refractivity contribution in [3.8, 4) is 0 Å². The van der Waals surface area contributed by atoms with Crippen molar-refractivity contribution in [3.63, 3.8) is 0 Å². The SMILES string of the molecule is CCNC(=O)C1CC(C2CCCCCC2)CCN1. The minimum absolute atomic E-state index is 0.0620. The van der Waals surface area contributed by atoms with Crippen molar-refractivity contribution in [1.29, 1.82) is 0 Å². The molecule has 1 aliphatic heterocycles. The molecule has 0 spiro atoms. The van der Waals surface area contributed by atoms with Gasteiger partial charge in [0.05, 0.1) is 6.04 Å². The lowest BCUT2D eigenvalue weighted by Gasteiger charge is -2.34. The van der Waals surface area contributed by atoms with Crippen molar-refractivity contribution in [2.45, 2.75) is 64.3 Å². The molecule has 0 bridgehead atoms. The Morgan fingerprint density at radius 3 is 2.50 bits per heavy atom. The normalized spacial score (nSPS) is 30.7. The summed E-state index contributed by atoms with van der Waals surface area (Å²) in [6.45, 7) is 3.75. The molecular weight excluding hydrogens is 224 g/mol. The molecule has 1 saturated heterocycles. The highest BCUT2D eigenvalue weighted by atomic mass is 16.2. The number of carbonyl (C=O) groups excluding carboxylic acids is 1. The van der Waals surface area contributed by atoms with Gasteiger partial charge < -0.3 is 10.6 Å². The van der Waals surface area contributed by atoms with Gasteiger partial charge in [0.1, 0.15) is 0 Å². The second kappa shape index (κ2) is 7.13. The molecule has 2 rings (SSSR count). The van der Waals surface area contributed by atoms with Crippen molar-refractivity contribution < 1.29 is 4.79 Å². The highest BCUT2D eigenvalue weighted by Crippen LogP contribution is 2.34. The maximum atomic E-state index is 11.9. The summed E-state index contributed by atoms with van der Waals surface area (Å²) in [7, 11) is 0. The third-order valence-electron chi connectivity index (χ3n) is 4.68. The molecule has 1 heterocycles. The van der Waals surface area contributed by atoms with E-state index in [0.29, 0.717) is 0 Å². The second-order valence-electron chi connectivity index (χ2n) is 5.94. The van der Waals surface area contributed by atoms with E-state index in [9.17, 15) is 4.79 Å². The average molecular weight is 252 g/mol. The van der Waals surface area contributed by atoms with Gasteiger partial charge in [-0.05, 0) is 38.1 Å². The van der Waals surface area contributed by atoms with Gasteiger partial charge in [-0.25, -0.2) is 0 Å². The highest BCUT2D eigenvalue weighted by Gasteiger charge is 2.31. The molecule has 3 nitrogen and oxygen atoms in total. The topological polar surface area (TPSA) is 41.1 Å². The van der Waals surface area contributed by atoms with E-state index in [0.717, 1.165) is 31.3 Å². The van der Waals surface area contributed by atoms with Crippen LogP contribution in [0.5, 0.6) is 0 Å². The second-order valence-corrected chi connectivity index (χ2v) is 5.94. The zero-order valence-electron chi connectivity index (χ0n) is 11.7. The summed E-state index contributed by atoms with van der Waals surface area (Å²) in [5.74, 6) is 1.86. The van der Waals surface area contributed by atoms with Crippen LogP contribution < -0.4 is 10.6 Å². The molecule has 2 aliphatic rings. The van der Waals surface area contributed by atoms with Gasteiger partial charge in [-0.1, -0.05) is 38.5 Å². The third kappa shape index (κ3) is 3.71. The predicted octanol–water partition coefficient (Wildman–Crippen LogP) is 2.46. The van der Waals surface area contributed by atoms with E-state index >= 15 is 0 Å². The first-order valence-corrected chi connectivity index (χ1v) is 7.82. The summed E-state index contributed by atoms with van der Waals surface area (Å²) < 4.78 is 0. The fraction of sp³-hybridized carbons (Fsp3) is 0.933. The summed E-state index contributed by atoms with van der Waals surface area (Å²) in [6.07, 6.45) is 10.7. The lowest BCUT2D eigenvalue weighted by molar-refractivity contribution is -0.124. The number of nitrogens with one attached hydrogen (secondary N) is 2. The van der Waals surface area contributed by atoms with E-state index < -0.39 is 0 Å². The van der Waals surface area contributed by atoms with E-state index in [1.165, 1.54) is 44.9 Å². The molecule has 2 fully saturated rings. The quantitative estimate of drug-likeness (QED) is 0.758. The Morgan fingerprint density at radius 2 is 1.83 bits per heavy atom. The molecule has 3 heteroatoms. The summed E-state index contributed by atoms with van der Waals surface area (Å²) in [4.78, 5) is 11.9. The molecule has 0 aromatic heterocycles. The largest absolute Gasteiger partial charge is 0.355 e. The van der Waals surface area contributed by atoms with E-state index in [1.807, 2.05) is 6.92 Å². The molecule has 18 heavy (non-hydrogen) atoms. The van der Waals surface area contributed by atoms with Crippen molar-refractivity contribution in [2.75, 3.05) is 13.1 Å². The molecule has 0 aromatic rings. The summed E-state index contributed by atoms with van der Waals surface area (Å²) >= 11 is 0. The summed E-state index contributed by atoms with van der Waals surface area (Å²) in [6, 6.07) is 0.0620. The lowest BCUT2D eigenvalue weighted by Crippen LogP contribution is -2.49. The molecule has 104 valence electrons. The van der Waals surface area contributed by atoms with Crippen LogP contribution in [0.1, 0.15) is 58.3 Å². The first-order valence-electron chi connectivity index (χ1n) is 7.82. The van der Waals surface area contributed by atoms with Crippen molar-refractivity contribution in [1.82, 2.24) is 10.6 Å². The molecule has 1 amide bonds. The Labute approximate surface area is 111 Å². The Hall–Kier alpha value is -0.570. The van der Waals surface area contributed by atoms with Crippen LogP contribution in [0.15, 0.2) is 0 Å². The fourth-order valence-corrected chi connectivity index (χ4v) is 3.65. The van der Waals surface area contributed by atoms with Gasteiger partial charge in [0.25, 0.3) is 0 Å². The van der Waals surface area contributed by atoms with Crippen molar-refractivity contribution in [2.24, 2.45) is 11.8 Å². The number of piperidine rings is 1. The van der Waals surface area contributed by atoms with Crippen LogP contribution in [0.4, 0.5) is 0 Å². The Bertz CT molecular complexity index is 259. The minimum atomic E-state index is 0.0620. The lowest BCUT2D eigenvalue weighted by atomic mass is 9.78. The van der Waals surface area contributed by atoms with Crippen molar-refractivity contribution >= 4 is 5.91 Å². The maximum absolute atomic E-state index is 11.9. The van der Waals surface area contributed by atoms with Crippen LogP contribution in [0.2, 0.25) is 0 Å². The van der Waals surface area contributed by atoms with E-state index in [-0.39, 0.29) is 11.9 Å². The van der Waals surface area contributed by atoms with E-state index in [4.69, 9.17) is 0 Å². The number of amides is 1. The number of likely N-dealkylation sites (N-methyl/N-ethyl adjacent to an activating group) is 1. The average Bonchev–Trinajstić information content (AvgIpc) is 2.68. The highest BCUT2D eigenvalue weighted by molar-refractivity contribution is 5.81. The van der Waals surface area contributed by atoms with Crippen LogP contribution in [-0.4, -0.2) is 25.0 Å². The minimum Gasteiger partial charge on any atom is -0.355 e. The van der Waals surface area contributed by atoms with Gasteiger partial charge in [-0.2, -0.15) is 0 Å². The predicted molar refractivity (Wildman–Crippen MR) is 74.4 cm³/mol. The monoisotopic (exact) mass is 252 g/mol. The Kier molecular flexibility index (Phi) is 5.48. The zero-order valence-corrected chi connectivity index (χ0v) is 11.7. The molecule has 2 unspecified atom stereocenters. The molecule has 0 aromatic carbocycles. The number of hydrogen-bond donors (Lipinski definition) is 2. The Balaban J connectivity index is 1.86. The molecule has 2 atom stereocenters. The fourth-order valence-electron chi connectivity index (χ4n) is 3.65. The smallest absolute Gasteiger partial charge is 0.237 e. The number of rotatable bonds is 3. The van der Waals surface area contributed by atoms with E-state index in [1.54, 1.807) is 0 Å².